The van der Waals surface area contributed by atoms with Crippen molar-refractivity contribution in [2.45, 2.75) is 12.3 Å². The minimum absolute atomic E-state index is 0.0193. The molecule has 0 heterocycles. The van der Waals surface area contributed by atoms with Crippen LogP contribution in [-0.4, -0.2) is 19.2 Å². The SMILES string of the molecule is N#Cc1c(F)cc(C#CCCNC(=O)OCC2c3ccccc3-c3ccccc32)cc1F. The van der Waals surface area contributed by atoms with Gasteiger partial charge >= 0.3 is 6.09 Å². The number of nitrogens with one attached hydrogen (secondary N) is 1. The smallest absolute Gasteiger partial charge is 0.407 e. The molecule has 32 heavy (non-hydrogen) atoms. The highest BCUT2D eigenvalue weighted by Gasteiger charge is 2.28. The fourth-order valence-electron chi connectivity index (χ4n) is 3.79. The van der Waals surface area contributed by atoms with Gasteiger partial charge in [0.25, 0.3) is 0 Å². The van der Waals surface area contributed by atoms with E-state index in [9.17, 15) is 13.6 Å². The molecule has 0 bridgehead atoms. The van der Waals surface area contributed by atoms with Crippen LogP contribution < -0.4 is 5.32 Å². The van der Waals surface area contributed by atoms with Crippen LogP contribution in [0, 0.1) is 34.8 Å². The molecule has 3 aromatic carbocycles. The molecule has 0 atom stereocenters. The molecule has 0 fully saturated rings. The average molecular weight is 428 g/mol. The third kappa shape index (κ3) is 4.31. The van der Waals surface area contributed by atoms with Crippen molar-refractivity contribution in [2.24, 2.45) is 0 Å². The second-order valence-corrected chi connectivity index (χ2v) is 7.23. The molecule has 0 aromatic heterocycles. The molecule has 0 unspecified atom stereocenters. The van der Waals surface area contributed by atoms with Crippen LogP contribution in [0.5, 0.6) is 0 Å². The number of amides is 1. The van der Waals surface area contributed by atoms with E-state index in [0.717, 1.165) is 34.4 Å². The lowest BCUT2D eigenvalue weighted by Crippen LogP contribution is -2.26. The fourth-order valence-corrected chi connectivity index (χ4v) is 3.79. The van der Waals surface area contributed by atoms with Gasteiger partial charge in [0.2, 0.25) is 0 Å². The van der Waals surface area contributed by atoms with E-state index < -0.39 is 23.3 Å². The van der Waals surface area contributed by atoms with Crippen LogP contribution in [0.4, 0.5) is 13.6 Å². The van der Waals surface area contributed by atoms with E-state index in [2.05, 4.69) is 29.3 Å². The zero-order valence-electron chi connectivity index (χ0n) is 17.0. The predicted molar refractivity (Wildman–Crippen MR) is 116 cm³/mol. The first kappa shape index (κ1) is 21.1. The Morgan fingerprint density at radius 3 is 2.19 bits per heavy atom. The van der Waals surface area contributed by atoms with Crippen LogP contribution in [0.15, 0.2) is 60.7 Å². The lowest BCUT2D eigenvalue weighted by atomic mass is 9.98. The topological polar surface area (TPSA) is 62.1 Å². The van der Waals surface area contributed by atoms with Crippen LogP contribution in [0.25, 0.3) is 11.1 Å². The summed E-state index contributed by atoms with van der Waals surface area (Å²) in [6.45, 7) is 0.445. The summed E-state index contributed by atoms with van der Waals surface area (Å²) in [5.41, 5.74) is 4.07. The highest BCUT2D eigenvalue weighted by molar-refractivity contribution is 5.79. The summed E-state index contributed by atoms with van der Waals surface area (Å²) in [7, 11) is 0. The second kappa shape index (κ2) is 9.32. The van der Waals surface area contributed by atoms with Gasteiger partial charge in [-0.05, 0) is 34.4 Å². The minimum Gasteiger partial charge on any atom is -0.449 e. The molecule has 1 N–H and O–H groups in total. The van der Waals surface area contributed by atoms with E-state index in [4.69, 9.17) is 10.00 Å². The largest absolute Gasteiger partial charge is 0.449 e. The number of hydrogen-bond donors (Lipinski definition) is 1. The number of nitrogens with zero attached hydrogens (tertiary/aromatic N) is 1. The molecule has 4 rings (SSSR count). The van der Waals surface area contributed by atoms with E-state index in [1.54, 1.807) is 0 Å². The quantitative estimate of drug-likeness (QED) is 0.464. The Morgan fingerprint density at radius 1 is 1.00 bits per heavy atom. The molecule has 1 aliphatic carbocycles. The van der Waals surface area contributed by atoms with Gasteiger partial charge in [-0.15, -0.1) is 0 Å². The maximum Gasteiger partial charge on any atom is 0.407 e. The standard InChI is InChI=1S/C26H18F2N2O2/c27-24-13-17(14-25(28)22(24)15-29)7-5-6-12-30-26(31)32-16-23-20-10-3-1-8-18(20)19-9-2-4-11-21(19)23/h1-4,8-11,13-14,23H,6,12,16H2,(H,30,31). The molecule has 3 aromatic rings. The lowest BCUT2D eigenvalue weighted by Gasteiger charge is -2.14. The third-order valence-electron chi connectivity index (χ3n) is 5.25. The van der Waals surface area contributed by atoms with Crippen molar-refractivity contribution in [3.05, 3.63) is 94.6 Å². The summed E-state index contributed by atoms with van der Waals surface area (Å²) in [6.07, 6.45) is -0.280. The van der Waals surface area contributed by atoms with Gasteiger partial charge in [0, 0.05) is 24.4 Å². The van der Waals surface area contributed by atoms with Gasteiger partial charge in [0.05, 0.1) is 0 Å². The number of halogens is 2. The normalized spacial score (nSPS) is 11.5. The average Bonchev–Trinajstić information content (AvgIpc) is 3.11. The number of alkyl carbamates (subject to hydrolysis) is 1. The van der Waals surface area contributed by atoms with Crippen LogP contribution in [0.3, 0.4) is 0 Å². The van der Waals surface area contributed by atoms with Gasteiger partial charge < -0.3 is 10.1 Å². The van der Waals surface area contributed by atoms with Gasteiger partial charge in [-0.25, -0.2) is 13.6 Å². The Bertz CT molecular complexity index is 1220. The first-order valence-corrected chi connectivity index (χ1v) is 10.1. The Kier molecular flexibility index (Phi) is 6.14. The molecule has 6 heteroatoms. The zero-order chi connectivity index (χ0) is 22.5. The molecule has 158 valence electrons. The highest BCUT2D eigenvalue weighted by atomic mass is 19.1. The first-order chi connectivity index (χ1) is 15.6. The van der Waals surface area contributed by atoms with E-state index in [0.29, 0.717) is 0 Å². The molecule has 1 aliphatic rings. The number of rotatable bonds is 4. The molecule has 0 saturated carbocycles. The number of ether oxygens (including phenoxy) is 1. The molecular formula is C26H18F2N2O2. The number of carbonyl (C=O) groups excluding carboxylic acids is 1. The summed E-state index contributed by atoms with van der Waals surface area (Å²) in [5.74, 6) is 3.43. The monoisotopic (exact) mass is 428 g/mol. The van der Waals surface area contributed by atoms with Crippen LogP contribution in [-0.2, 0) is 4.74 Å². The third-order valence-corrected chi connectivity index (χ3v) is 5.25. The Morgan fingerprint density at radius 2 is 1.59 bits per heavy atom. The van der Waals surface area contributed by atoms with Gasteiger partial charge in [-0.3, -0.25) is 0 Å². The number of nitriles is 1. The zero-order valence-corrected chi connectivity index (χ0v) is 17.0. The van der Waals surface area contributed by atoms with Gasteiger partial charge in [0.1, 0.15) is 29.9 Å². The molecule has 1 amide bonds. The Balaban J connectivity index is 1.29. The summed E-state index contributed by atoms with van der Waals surface area (Å²) in [5, 5.41) is 11.3. The number of hydrogen-bond acceptors (Lipinski definition) is 3. The first-order valence-electron chi connectivity index (χ1n) is 10.1. The Labute approximate surface area is 184 Å². The predicted octanol–water partition coefficient (Wildman–Crippen LogP) is 5.12. The molecule has 0 aliphatic heterocycles. The van der Waals surface area contributed by atoms with E-state index in [1.807, 2.05) is 36.4 Å². The fraction of sp³-hybridized carbons (Fsp3) is 0.154. The van der Waals surface area contributed by atoms with E-state index in [-0.39, 0.29) is 31.1 Å². The van der Waals surface area contributed by atoms with Crippen molar-refractivity contribution in [3.63, 3.8) is 0 Å². The van der Waals surface area contributed by atoms with E-state index in [1.165, 1.54) is 6.07 Å². The molecule has 0 saturated heterocycles. The van der Waals surface area contributed by atoms with Gasteiger partial charge in [-0.1, -0.05) is 60.4 Å². The summed E-state index contributed by atoms with van der Waals surface area (Å²) < 4.78 is 32.6. The number of benzene rings is 3. The summed E-state index contributed by atoms with van der Waals surface area (Å²) >= 11 is 0. The Hall–Kier alpha value is -4.16. The maximum absolute atomic E-state index is 13.6. The van der Waals surface area contributed by atoms with Crippen molar-refractivity contribution >= 4 is 6.09 Å². The maximum atomic E-state index is 13.6. The number of carbonyl (C=O) groups is 1. The number of fused-ring (bicyclic) bond motifs is 3. The molecule has 0 radical (unpaired) electrons. The van der Waals surface area contributed by atoms with Crippen molar-refractivity contribution in [3.8, 4) is 29.0 Å². The summed E-state index contributed by atoms with van der Waals surface area (Å²) in [6, 6.07) is 19.6. The minimum atomic E-state index is -0.950. The molecule has 0 spiro atoms. The van der Waals surface area contributed by atoms with Crippen LogP contribution >= 0.6 is 0 Å². The second-order valence-electron chi connectivity index (χ2n) is 7.23. The van der Waals surface area contributed by atoms with Crippen molar-refractivity contribution in [2.75, 3.05) is 13.2 Å². The van der Waals surface area contributed by atoms with Gasteiger partial charge in [0.15, 0.2) is 0 Å². The van der Waals surface area contributed by atoms with E-state index >= 15 is 0 Å². The van der Waals surface area contributed by atoms with Crippen molar-refractivity contribution < 1.29 is 18.3 Å². The van der Waals surface area contributed by atoms with Crippen molar-refractivity contribution in [1.82, 2.24) is 5.32 Å². The van der Waals surface area contributed by atoms with Crippen LogP contribution in [0.1, 0.15) is 34.6 Å². The lowest BCUT2D eigenvalue weighted by molar-refractivity contribution is 0.143. The highest BCUT2D eigenvalue weighted by Crippen LogP contribution is 2.44. The van der Waals surface area contributed by atoms with Gasteiger partial charge in [-0.2, -0.15) is 5.26 Å². The molecule has 4 nitrogen and oxygen atoms in total. The van der Waals surface area contributed by atoms with Crippen molar-refractivity contribution in [1.29, 1.82) is 5.26 Å². The summed E-state index contributed by atoms with van der Waals surface area (Å²) in [4.78, 5) is 12.1. The van der Waals surface area contributed by atoms with Crippen LogP contribution in [0.2, 0.25) is 0 Å². The molecular weight excluding hydrogens is 410 g/mol.